The van der Waals surface area contributed by atoms with Gasteiger partial charge >= 0.3 is 0 Å². The molecule has 2 nitrogen and oxygen atoms in total. The molecule has 0 aromatic rings. The minimum Gasteiger partial charge on any atom is -0.264 e. The van der Waals surface area contributed by atoms with Crippen molar-refractivity contribution in [3.63, 3.8) is 0 Å². The molecule has 68 valence electrons. The highest BCUT2D eigenvalue weighted by atomic mass is 28.3. The quantitative estimate of drug-likeness (QED) is 0.475. The summed E-state index contributed by atoms with van der Waals surface area (Å²) in [7, 11) is 3.15. The Hall–Kier alpha value is 0.137. The van der Waals surface area contributed by atoms with E-state index in [1.165, 1.54) is 13.0 Å². The van der Waals surface area contributed by atoms with Gasteiger partial charge in [0.25, 0.3) is 0 Å². The number of nitrogens with zero attached hydrogens (tertiary/aromatic N) is 2. The molecule has 0 aliphatic rings. The summed E-state index contributed by atoms with van der Waals surface area (Å²) in [6.07, 6.45) is 1.24. The van der Waals surface area contributed by atoms with Crippen molar-refractivity contribution in [2.45, 2.75) is 33.0 Å². The van der Waals surface area contributed by atoms with Gasteiger partial charge in [-0.3, -0.25) is 9.68 Å². The van der Waals surface area contributed by atoms with Crippen molar-refractivity contribution < 1.29 is 0 Å². The van der Waals surface area contributed by atoms with Gasteiger partial charge in [0.05, 0.1) is 0 Å². The lowest BCUT2D eigenvalue weighted by Crippen LogP contribution is -2.53. The van der Waals surface area contributed by atoms with E-state index in [0.29, 0.717) is 0 Å². The van der Waals surface area contributed by atoms with Crippen molar-refractivity contribution in [1.82, 2.24) is 9.68 Å². The van der Waals surface area contributed by atoms with Crippen LogP contribution in [0.25, 0.3) is 0 Å². The van der Waals surface area contributed by atoms with Crippen LogP contribution >= 0.6 is 0 Å². The van der Waals surface area contributed by atoms with Crippen LogP contribution in [-0.2, 0) is 0 Å². The van der Waals surface area contributed by atoms with Gasteiger partial charge in [-0.05, 0) is 6.42 Å². The van der Waals surface area contributed by atoms with Gasteiger partial charge in [-0.15, -0.1) is 0 Å². The van der Waals surface area contributed by atoms with E-state index in [2.05, 4.69) is 50.3 Å². The maximum absolute atomic E-state index is 2.51. The van der Waals surface area contributed by atoms with Crippen LogP contribution in [0.5, 0.6) is 0 Å². The molecule has 11 heavy (non-hydrogen) atoms. The molecular weight excluding hydrogens is 152 g/mol. The Labute approximate surface area is 72.2 Å². The van der Waals surface area contributed by atoms with Crippen molar-refractivity contribution >= 4 is 8.24 Å². The Balaban J connectivity index is 4.10. The number of rotatable bonds is 4. The Bertz CT molecular complexity index is 107. The van der Waals surface area contributed by atoms with Crippen LogP contribution in [0.4, 0.5) is 0 Å². The Morgan fingerprint density at radius 2 is 1.55 bits per heavy atom. The molecular formula is C8H22N2Si. The first-order valence-electron chi connectivity index (χ1n) is 4.34. The van der Waals surface area contributed by atoms with Crippen molar-refractivity contribution in [3.8, 4) is 0 Å². The SMILES string of the molecule is CCCN(N(C)C)[Si](C)(C)C. The van der Waals surface area contributed by atoms with Crippen LogP contribution in [0.2, 0.25) is 19.6 Å². The lowest BCUT2D eigenvalue weighted by atomic mass is 10.5. The first kappa shape index (κ1) is 11.1. The van der Waals surface area contributed by atoms with Crippen LogP contribution in [0.1, 0.15) is 13.3 Å². The van der Waals surface area contributed by atoms with Gasteiger partial charge < -0.3 is 0 Å². The van der Waals surface area contributed by atoms with E-state index in [4.69, 9.17) is 0 Å². The molecule has 0 spiro atoms. The highest BCUT2D eigenvalue weighted by Gasteiger charge is 2.24. The molecule has 0 aromatic carbocycles. The second kappa shape index (κ2) is 4.23. The maximum atomic E-state index is 2.51. The van der Waals surface area contributed by atoms with Crippen molar-refractivity contribution in [2.24, 2.45) is 0 Å². The smallest absolute Gasteiger partial charge is 0.137 e. The van der Waals surface area contributed by atoms with Crippen LogP contribution in [0.3, 0.4) is 0 Å². The van der Waals surface area contributed by atoms with E-state index in [0.717, 1.165) is 0 Å². The second-order valence-corrected chi connectivity index (χ2v) is 9.00. The second-order valence-electron chi connectivity index (χ2n) is 4.14. The maximum Gasteiger partial charge on any atom is 0.137 e. The van der Waals surface area contributed by atoms with E-state index in [-0.39, 0.29) is 0 Å². The molecule has 0 aliphatic heterocycles. The average molecular weight is 174 g/mol. The Kier molecular flexibility index (Phi) is 4.29. The molecule has 0 aromatic heterocycles. The summed E-state index contributed by atoms with van der Waals surface area (Å²) < 4.78 is 2.51. The van der Waals surface area contributed by atoms with E-state index < -0.39 is 8.24 Å². The standard InChI is InChI=1S/C8H22N2Si/c1-7-8-10(9(2)3)11(4,5)6/h7-8H2,1-6H3. The topological polar surface area (TPSA) is 6.48 Å². The van der Waals surface area contributed by atoms with Gasteiger partial charge in [-0.2, -0.15) is 0 Å². The minimum atomic E-state index is -1.11. The Morgan fingerprint density at radius 1 is 1.09 bits per heavy atom. The summed E-state index contributed by atoms with van der Waals surface area (Å²) in [6.45, 7) is 10.6. The van der Waals surface area contributed by atoms with Gasteiger partial charge in [0, 0.05) is 20.6 Å². The van der Waals surface area contributed by atoms with Gasteiger partial charge in [0.2, 0.25) is 0 Å². The number of hydrogen-bond donors (Lipinski definition) is 0. The summed E-state index contributed by atoms with van der Waals surface area (Å²) >= 11 is 0. The molecule has 0 rings (SSSR count). The number of hydrogen-bond acceptors (Lipinski definition) is 2. The third-order valence-corrected chi connectivity index (χ3v) is 3.86. The summed E-state index contributed by atoms with van der Waals surface area (Å²) in [6, 6.07) is 0. The zero-order chi connectivity index (χ0) is 9.07. The largest absolute Gasteiger partial charge is 0.264 e. The molecule has 0 amide bonds. The van der Waals surface area contributed by atoms with Crippen molar-refractivity contribution in [2.75, 3.05) is 20.6 Å². The average Bonchev–Trinajstić information content (AvgIpc) is 1.79. The molecule has 0 N–H and O–H groups in total. The van der Waals surface area contributed by atoms with Gasteiger partial charge in [0.15, 0.2) is 0 Å². The van der Waals surface area contributed by atoms with Crippen molar-refractivity contribution in [1.29, 1.82) is 0 Å². The van der Waals surface area contributed by atoms with E-state index in [1.807, 2.05) is 0 Å². The normalized spacial score (nSPS) is 13.1. The molecule has 0 saturated carbocycles. The fraction of sp³-hybridized carbons (Fsp3) is 1.00. The van der Waals surface area contributed by atoms with Crippen LogP contribution in [0.15, 0.2) is 0 Å². The fourth-order valence-electron chi connectivity index (χ4n) is 1.35. The molecule has 0 bridgehead atoms. The molecule has 0 radical (unpaired) electrons. The molecule has 0 fully saturated rings. The van der Waals surface area contributed by atoms with Gasteiger partial charge in [-0.25, -0.2) is 0 Å². The monoisotopic (exact) mass is 174 g/mol. The molecule has 0 unspecified atom stereocenters. The molecule has 0 saturated heterocycles. The Morgan fingerprint density at radius 3 is 1.64 bits per heavy atom. The van der Waals surface area contributed by atoms with Crippen LogP contribution in [0, 0.1) is 0 Å². The van der Waals surface area contributed by atoms with Gasteiger partial charge in [0.1, 0.15) is 8.24 Å². The first-order valence-corrected chi connectivity index (χ1v) is 7.79. The van der Waals surface area contributed by atoms with E-state index in [1.54, 1.807) is 0 Å². The first-order chi connectivity index (χ1) is 4.89. The third kappa shape index (κ3) is 3.89. The summed E-state index contributed by atoms with van der Waals surface area (Å²) in [5, 5.41) is 2.23. The zero-order valence-electron chi connectivity index (χ0n) is 8.81. The predicted octanol–water partition coefficient (Wildman–Crippen LogP) is 2.01. The summed E-state index contributed by atoms with van der Waals surface area (Å²) in [4.78, 5) is 0. The lowest BCUT2D eigenvalue weighted by molar-refractivity contribution is 0.115. The number of hydrazine groups is 1. The third-order valence-electron chi connectivity index (χ3n) is 1.69. The molecule has 0 atom stereocenters. The molecule has 3 heteroatoms. The highest BCUT2D eigenvalue weighted by Crippen LogP contribution is 2.10. The zero-order valence-corrected chi connectivity index (χ0v) is 9.81. The predicted molar refractivity (Wildman–Crippen MR) is 54.0 cm³/mol. The summed E-state index contributed by atoms with van der Waals surface area (Å²) in [5.74, 6) is 0. The molecule has 0 heterocycles. The lowest BCUT2D eigenvalue weighted by Gasteiger charge is -2.38. The minimum absolute atomic E-state index is 1.11. The fourth-order valence-corrected chi connectivity index (χ4v) is 3.44. The highest BCUT2D eigenvalue weighted by molar-refractivity contribution is 6.73. The van der Waals surface area contributed by atoms with Crippen LogP contribution < -0.4 is 0 Å². The molecule has 0 aliphatic carbocycles. The summed E-state index contributed by atoms with van der Waals surface area (Å²) in [5.41, 5.74) is 0. The van der Waals surface area contributed by atoms with E-state index in [9.17, 15) is 0 Å². The van der Waals surface area contributed by atoms with Crippen molar-refractivity contribution in [3.05, 3.63) is 0 Å². The van der Waals surface area contributed by atoms with E-state index >= 15 is 0 Å². The van der Waals surface area contributed by atoms with Gasteiger partial charge in [-0.1, -0.05) is 26.6 Å². The van der Waals surface area contributed by atoms with Crippen LogP contribution in [-0.4, -0.2) is 38.6 Å².